The number of piperazine rings is 1. The summed E-state index contributed by atoms with van der Waals surface area (Å²) in [4.78, 5) is 4.89. The fraction of sp³-hybridized carbons (Fsp3) is 0.600. The molecule has 0 saturated carbocycles. The van der Waals surface area contributed by atoms with Gasteiger partial charge in [0.1, 0.15) is 0 Å². The summed E-state index contributed by atoms with van der Waals surface area (Å²) in [5, 5.41) is 0. The number of hydrogen-bond acceptors (Lipinski definition) is 3. The van der Waals surface area contributed by atoms with E-state index in [2.05, 4.69) is 16.8 Å². The van der Waals surface area contributed by atoms with Crippen LogP contribution >= 0.6 is 0 Å². The minimum Gasteiger partial charge on any atom is -0.494 e. The van der Waals surface area contributed by atoms with E-state index in [4.69, 9.17) is 4.74 Å². The minimum absolute atomic E-state index is 0.236. The van der Waals surface area contributed by atoms with Crippen molar-refractivity contribution in [1.82, 2.24) is 9.80 Å². The van der Waals surface area contributed by atoms with Gasteiger partial charge in [-0.3, -0.25) is 4.90 Å². The van der Waals surface area contributed by atoms with E-state index in [9.17, 15) is 4.39 Å². The third-order valence-corrected chi connectivity index (χ3v) is 4.44. The number of benzene rings is 1. The summed E-state index contributed by atoms with van der Waals surface area (Å²) in [6, 6.07) is 4.00. The molecule has 1 aliphatic carbocycles. The van der Waals surface area contributed by atoms with Crippen LogP contribution in [0.3, 0.4) is 0 Å². The number of ether oxygens (including phenoxy) is 1. The molecule has 4 heteroatoms. The number of fused-ring (bicyclic) bond motifs is 1. The summed E-state index contributed by atoms with van der Waals surface area (Å²) in [7, 11) is 3.70. The molecular formula is C15H21FN2O. The van der Waals surface area contributed by atoms with Gasteiger partial charge in [-0.05, 0) is 43.1 Å². The highest BCUT2D eigenvalue weighted by Gasteiger charge is 2.30. The predicted octanol–water partition coefficient (Wildman–Crippen LogP) is 2.07. The monoisotopic (exact) mass is 264 g/mol. The largest absolute Gasteiger partial charge is 0.494 e. The third kappa shape index (κ3) is 2.35. The van der Waals surface area contributed by atoms with Gasteiger partial charge in [0.25, 0.3) is 0 Å². The topological polar surface area (TPSA) is 15.7 Å². The van der Waals surface area contributed by atoms with Crippen LogP contribution in [0.1, 0.15) is 23.6 Å². The molecule has 104 valence electrons. The fourth-order valence-corrected chi connectivity index (χ4v) is 3.25. The maximum absolute atomic E-state index is 13.7. The van der Waals surface area contributed by atoms with Crippen LogP contribution in [0, 0.1) is 5.82 Å². The lowest BCUT2D eigenvalue weighted by atomic mass is 10.1. The zero-order valence-electron chi connectivity index (χ0n) is 11.7. The molecule has 0 N–H and O–H groups in total. The van der Waals surface area contributed by atoms with Gasteiger partial charge in [-0.1, -0.05) is 0 Å². The molecule has 0 radical (unpaired) electrons. The van der Waals surface area contributed by atoms with E-state index in [1.807, 2.05) is 6.07 Å². The van der Waals surface area contributed by atoms with Gasteiger partial charge >= 0.3 is 0 Å². The fourth-order valence-electron chi connectivity index (χ4n) is 3.25. The summed E-state index contributed by atoms with van der Waals surface area (Å²) < 4.78 is 18.8. The first-order chi connectivity index (χ1) is 9.19. The Morgan fingerprint density at radius 3 is 2.63 bits per heavy atom. The van der Waals surface area contributed by atoms with Crippen LogP contribution in [-0.2, 0) is 6.42 Å². The molecular weight excluding hydrogens is 243 g/mol. The molecule has 0 aromatic heterocycles. The number of aryl methyl sites for hydroxylation is 1. The van der Waals surface area contributed by atoms with E-state index in [1.165, 1.54) is 12.7 Å². The smallest absolute Gasteiger partial charge is 0.165 e. The van der Waals surface area contributed by atoms with Crippen LogP contribution in [0.25, 0.3) is 0 Å². The maximum atomic E-state index is 13.7. The molecule has 3 nitrogen and oxygen atoms in total. The van der Waals surface area contributed by atoms with Gasteiger partial charge < -0.3 is 9.64 Å². The molecule has 1 heterocycles. The first kappa shape index (κ1) is 12.9. The molecule has 0 bridgehead atoms. The Labute approximate surface area is 114 Å². The molecule has 3 rings (SSSR count). The van der Waals surface area contributed by atoms with E-state index >= 15 is 0 Å². The Morgan fingerprint density at radius 2 is 1.95 bits per heavy atom. The average Bonchev–Trinajstić information content (AvgIpc) is 2.81. The second-order valence-corrected chi connectivity index (χ2v) is 5.58. The predicted molar refractivity (Wildman–Crippen MR) is 73.1 cm³/mol. The van der Waals surface area contributed by atoms with E-state index in [-0.39, 0.29) is 5.82 Å². The summed E-state index contributed by atoms with van der Waals surface area (Å²) in [6.07, 6.45) is 2.08. The van der Waals surface area contributed by atoms with Crippen molar-refractivity contribution in [2.75, 3.05) is 40.3 Å². The lowest BCUT2D eigenvalue weighted by Gasteiger charge is -2.36. The third-order valence-electron chi connectivity index (χ3n) is 4.44. The van der Waals surface area contributed by atoms with E-state index in [0.717, 1.165) is 44.6 Å². The van der Waals surface area contributed by atoms with Crippen molar-refractivity contribution in [3.05, 3.63) is 29.1 Å². The van der Waals surface area contributed by atoms with Gasteiger partial charge in [0, 0.05) is 32.2 Å². The number of hydrogen-bond donors (Lipinski definition) is 0. The van der Waals surface area contributed by atoms with Crippen molar-refractivity contribution in [2.45, 2.75) is 18.9 Å². The molecule has 1 aromatic rings. The Hall–Kier alpha value is -1.13. The van der Waals surface area contributed by atoms with Crippen molar-refractivity contribution < 1.29 is 9.13 Å². The highest BCUT2D eigenvalue weighted by Crippen LogP contribution is 2.39. The van der Waals surface area contributed by atoms with Crippen molar-refractivity contribution in [3.8, 4) is 5.75 Å². The van der Waals surface area contributed by atoms with Gasteiger partial charge in [0.15, 0.2) is 11.6 Å². The summed E-state index contributed by atoms with van der Waals surface area (Å²) in [6.45, 7) is 4.43. The Balaban J connectivity index is 1.85. The quantitative estimate of drug-likeness (QED) is 0.813. The first-order valence-corrected chi connectivity index (χ1v) is 6.98. The average molecular weight is 264 g/mol. The van der Waals surface area contributed by atoms with Gasteiger partial charge in [-0.25, -0.2) is 4.39 Å². The molecule has 1 fully saturated rings. The van der Waals surface area contributed by atoms with Gasteiger partial charge in [0.2, 0.25) is 0 Å². The van der Waals surface area contributed by atoms with Crippen LogP contribution in [0.15, 0.2) is 12.1 Å². The molecule has 2 aliphatic rings. The van der Waals surface area contributed by atoms with E-state index in [0.29, 0.717) is 11.8 Å². The molecule has 1 aliphatic heterocycles. The molecule has 1 atom stereocenters. The van der Waals surface area contributed by atoms with Crippen LogP contribution < -0.4 is 4.74 Å². The number of rotatable bonds is 2. The van der Waals surface area contributed by atoms with Crippen molar-refractivity contribution in [1.29, 1.82) is 0 Å². The van der Waals surface area contributed by atoms with Gasteiger partial charge in [-0.15, -0.1) is 0 Å². The normalized spacial score (nSPS) is 24.5. The van der Waals surface area contributed by atoms with Gasteiger partial charge in [0.05, 0.1) is 7.11 Å². The molecule has 1 aromatic carbocycles. The second-order valence-electron chi connectivity index (χ2n) is 5.58. The SMILES string of the molecule is COc1cc2c(cc1F)CCC2N1CCN(C)CC1. The minimum atomic E-state index is -0.236. The lowest BCUT2D eigenvalue weighted by Crippen LogP contribution is -2.45. The van der Waals surface area contributed by atoms with E-state index < -0.39 is 0 Å². The summed E-state index contributed by atoms with van der Waals surface area (Å²) in [5.74, 6) is 0.139. The van der Waals surface area contributed by atoms with E-state index in [1.54, 1.807) is 6.07 Å². The second kappa shape index (κ2) is 5.10. The number of nitrogens with zero attached hydrogens (tertiary/aromatic N) is 2. The first-order valence-electron chi connectivity index (χ1n) is 6.98. The van der Waals surface area contributed by atoms with Crippen molar-refractivity contribution in [3.63, 3.8) is 0 Å². The summed E-state index contributed by atoms with van der Waals surface area (Å²) >= 11 is 0. The zero-order valence-corrected chi connectivity index (χ0v) is 11.7. The Bertz CT molecular complexity index is 469. The maximum Gasteiger partial charge on any atom is 0.165 e. The number of likely N-dealkylation sites (N-methyl/N-ethyl adjacent to an activating group) is 1. The summed E-state index contributed by atoms with van der Waals surface area (Å²) in [5.41, 5.74) is 2.42. The van der Waals surface area contributed by atoms with Crippen molar-refractivity contribution in [2.24, 2.45) is 0 Å². The van der Waals surface area contributed by atoms with Crippen LogP contribution in [0.5, 0.6) is 5.75 Å². The number of halogens is 1. The molecule has 0 spiro atoms. The number of methoxy groups -OCH3 is 1. The highest BCUT2D eigenvalue weighted by atomic mass is 19.1. The van der Waals surface area contributed by atoms with Crippen molar-refractivity contribution >= 4 is 0 Å². The van der Waals surface area contributed by atoms with Crippen LogP contribution in [0.4, 0.5) is 4.39 Å². The lowest BCUT2D eigenvalue weighted by molar-refractivity contribution is 0.111. The van der Waals surface area contributed by atoms with Gasteiger partial charge in [-0.2, -0.15) is 0 Å². The Morgan fingerprint density at radius 1 is 1.21 bits per heavy atom. The van der Waals surface area contributed by atoms with Crippen LogP contribution in [0.2, 0.25) is 0 Å². The molecule has 1 saturated heterocycles. The highest BCUT2D eigenvalue weighted by molar-refractivity contribution is 5.42. The van der Waals surface area contributed by atoms with Crippen LogP contribution in [-0.4, -0.2) is 50.1 Å². The molecule has 0 amide bonds. The zero-order chi connectivity index (χ0) is 13.4. The Kier molecular flexibility index (Phi) is 3.46. The molecule has 19 heavy (non-hydrogen) atoms. The molecule has 1 unspecified atom stereocenters. The standard InChI is InChI=1S/C15H21FN2O/c1-17-5-7-18(8-6-17)14-4-3-11-9-13(16)15(19-2)10-12(11)14/h9-10,14H,3-8H2,1-2H3.